The molecular weight excluding hydrogens is 280 g/mol. The van der Waals surface area contributed by atoms with Gasteiger partial charge in [-0.3, -0.25) is 0 Å². The fourth-order valence-electron chi connectivity index (χ4n) is 1.44. The standard InChI is InChI=1S/C12H24O5Si2/c1-8-9-16-12(13)11(2)17-19(14-3,15-4)10-18(5,6)7/h8H,1-2,9-10H2,3-7H3. The Labute approximate surface area is 117 Å². The molecule has 0 atom stereocenters. The van der Waals surface area contributed by atoms with Crippen molar-refractivity contribution in [3.63, 3.8) is 0 Å². The number of carbonyl (C=O) groups is 1. The molecule has 19 heavy (non-hydrogen) atoms. The van der Waals surface area contributed by atoms with Gasteiger partial charge < -0.3 is 18.0 Å². The van der Waals surface area contributed by atoms with Crippen LogP contribution in [0, 0.1) is 0 Å². The molecule has 0 rings (SSSR count). The largest absolute Gasteiger partial charge is 0.562 e. The Bertz CT molecular complexity index is 332. The predicted molar refractivity (Wildman–Crippen MR) is 79.3 cm³/mol. The minimum Gasteiger partial charge on any atom is -0.495 e. The van der Waals surface area contributed by atoms with E-state index in [0.29, 0.717) is 5.67 Å². The molecule has 0 aromatic rings. The summed E-state index contributed by atoms with van der Waals surface area (Å²) in [5, 5.41) is 0. The van der Waals surface area contributed by atoms with Crippen molar-refractivity contribution < 1.29 is 22.8 Å². The van der Waals surface area contributed by atoms with Gasteiger partial charge in [0.15, 0.2) is 5.76 Å². The van der Waals surface area contributed by atoms with Crippen LogP contribution in [0.2, 0.25) is 25.3 Å². The van der Waals surface area contributed by atoms with Crippen LogP contribution in [-0.4, -0.2) is 43.7 Å². The van der Waals surface area contributed by atoms with E-state index < -0.39 is 22.8 Å². The molecule has 0 spiro atoms. The average molecular weight is 304 g/mol. The maximum atomic E-state index is 11.6. The Hall–Kier alpha value is -0.896. The molecule has 0 saturated carbocycles. The summed E-state index contributed by atoms with van der Waals surface area (Å²) in [5.74, 6) is -0.711. The SMILES string of the molecule is C=CCOC(=O)C(=C)O[Si](C[Si](C)(C)C)(OC)OC. The van der Waals surface area contributed by atoms with Crippen molar-refractivity contribution in [1.82, 2.24) is 0 Å². The summed E-state index contributed by atoms with van der Waals surface area (Å²) in [7, 11) is -1.34. The van der Waals surface area contributed by atoms with Gasteiger partial charge >= 0.3 is 14.8 Å². The Morgan fingerprint density at radius 1 is 1.21 bits per heavy atom. The van der Waals surface area contributed by atoms with Crippen LogP contribution in [-0.2, 0) is 22.8 Å². The Morgan fingerprint density at radius 2 is 1.74 bits per heavy atom. The maximum absolute atomic E-state index is 11.6. The summed E-state index contributed by atoms with van der Waals surface area (Å²) < 4.78 is 21.3. The molecule has 110 valence electrons. The lowest BCUT2D eigenvalue weighted by Crippen LogP contribution is -2.50. The second-order valence-electron chi connectivity index (χ2n) is 5.24. The molecule has 0 aliphatic rings. The van der Waals surface area contributed by atoms with Crippen molar-refractivity contribution in [2.24, 2.45) is 0 Å². The molecule has 7 heteroatoms. The summed E-state index contributed by atoms with van der Waals surface area (Å²) in [4.78, 5) is 11.6. The molecule has 0 N–H and O–H groups in total. The monoisotopic (exact) mass is 304 g/mol. The molecule has 0 aromatic carbocycles. The first-order valence-corrected chi connectivity index (χ1v) is 11.6. The van der Waals surface area contributed by atoms with Crippen LogP contribution in [0.1, 0.15) is 0 Å². The van der Waals surface area contributed by atoms with E-state index in [9.17, 15) is 4.79 Å². The lowest BCUT2D eigenvalue weighted by molar-refractivity contribution is -0.141. The third kappa shape index (κ3) is 6.72. The van der Waals surface area contributed by atoms with E-state index in [1.807, 2.05) is 0 Å². The molecule has 0 fully saturated rings. The number of ether oxygens (including phenoxy) is 1. The van der Waals surface area contributed by atoms with E-state index >= 15 is 0 Å². The van der Waals surface area contributed by atoms with Crippen LogP contribution in [0.5, 0.6) is 0 Å². The Kier molecular flexibility index (Phi) is 7.27. The van der Waals surface area contributed by atoms with Gasteiger partial charge in [0.05, 0.1) is 8.07 Å². The van der Waals surface area contributed by atoms with Crippen LogP contribution >= 0.6 is 0 Å². The normalized spacial score (nSPS) is 11.8. The van der Waals surface area contributed by atoms with Gasteiger partial charge in [0.2, 0.25) is 0 Å². The first-order chi connectivity index (χ1) is 8.69. The predicted octanol–water partition coefficient (Wildman–Crippen LogP) is 2.36. The van der Waals surface area contributed by atoms with E-state index in [1.54, 1.807) is 0 Å². The van der Waals surface area contributed by atoms with Crippen LogP contribution in [0.15, 0.2) is 25.0 Å². The molecule has 0 saturated heterocycles. The van der Waals surface area contributed by atoms with Crippen molar-refractivity contribution in [2.75, 3.05) is 20.8 Å². The topological polar surface area (TPSA) is 54.0 Å². The van der Waals surface area contributed by atoms with E-state index in [1.165, 1.54) is 20.3 Å². The molecule has 0 heterocycles. The quantitative estimate of drug-likeness (QED) is 0.215. The average Bonchev–Trinajstić information content (AvgIpc) is 2.33. The second kappa shape index (κ2) is 7.63. The highest BCUT2D eigenvalue weighted by Gasteiger charge is 2.47. The highest BCUT2D eigenvalue weighted by molar-refractivity contribution is 6.88. The molecule has 0 unspecified atom stereocenters. The van der Waals surface area contributed by atoms with Crippen LogP contribution < -0.4 is 0 Å². The molecule has 0 amide bonds. The van der Waals surface area contributed by atoms with Gasteiger partial charge in [-0.05, 0) is 0 Å². The number of hydrogen-bond acceptors (Lipinski definition) is 5. The zero-order valence-electron chi connectivity index (χ0n) is 12.4. The molecule has 0 aromatic heterocycles. The Morgan fingerprint density at radius 3 is 2.11 bits per heavy atom. The molecule has 0 radical (unpaired) electrons. The summed E-state index contributed by atoms with van der Waals surface area (Å²) in [6, 6.07) is 0. The highest BCUT2D eigenvalue weighted by Crippen LogP contribution is 2.24. The third-order valence-electron chi connectivity index (χ3n) is 2.21. The van der Waals surface area contributed by atoms with E-state index in [4.69, 9.17) is 18.0 Å². The maximum Gasteiger partial charge on any atom is 0.562 e. The number of carbonyl (C=O) groups excluding carboxylic acids is 1. The van der Waals surface area contributed by atoms with Gasteiger partial charge in [-0.25, -0.2) is 4.79 Å². The lowest BCUT2D eigenvalue weighted by Gasteiger charge is -2.31. The molecule has 0 aliphatic heterocycles. The minimum absolute atomic E-state index is 0.0875. The van der Waals surface area contributed by atoms with Gasteiger partial charge in [-0.15, -0.1) is 0 Å². The van der Waals surface area contributed by atoms with Gasteiger partial charge in [0.25, 0.3) is 0 Å². The summed E-state index contributed by atoms with van der Waals surface area (Å²) in [6.45, 7) is 13.7. The van der Waals surface area contributed by atoms with Crippen LogP contribution in [0.4, 0.5) is 0 Å². The zero-order valence-corrected chi connectivity index (χ0v) is 14.4. The van der Waals surface area contributed by atoms with Crippen molar-refractivity contribution >= 4 is 22.8 Å². The zero-order chi connectivity index (χ0) is 15.1. The second-order valence-corrected chi connectivity index (χ2v) is 14.2. The molecular formula is C12H24O5Si2. The van der Waals surface area contributed by atoms with Crippen molar-refractivity contribution in [2.45, 2.75) is 25.3 Å². The molecule has 0 aliphatic carbocycles. The highest BCUT2D eigenvalue weighted by atomic mass is 28.4. The lowest BCUT2D eigenvalue weighted by atomic mass is 10.6. The molecule has 0 bridgehead atoms. The van der Waals surface area contributed by atoms with E-state index in [-0.39, 0.29) is 12.4 Å². The fourth-order valence-corrected chi connectivity index (χ4v) is 8.87. The van der Waals surface area contributed by atoms with E-state index in [0.717, 1.165) is 0 Å². The number of rotatable bonds is 9. The first kappa shape index (κ1) is 18.1. The van der Waals surface area contributed by atoms with Gasteiger partial charge in [-0.1, -0.05) is 38.9 Å². The third-order valence-corrected chi connectivity index (χ3v) is 9.98. The van der Waals surface area contributed by atoms with Gasteiger partial charge in [-0.2, -0.15) is 0 Å². The van der Waals surface area contributed by atoms with Gasteiger partial charge in [0.1, 0.15) is 6.61 Å². The van der Waals surface area contributed by atoms with E-state index in [2.05, 4.69) is 32.8 Å². The molecule has 5 nitrogen and oxygen atoms in total. The smallest absolute Gasteiger partial charge is 0.495 e. The number of esters is 1. The van der Waals surface area contributed by atoms with Crippen molar-refractivity contribution in [3.8, 4) is 0 Å². The first-order valence-electron chi connectivity index (χ1n) is 5.96. The summed E-state index contributed by atoms with van der Waals surface area (Å²) in [6.07, 6.45) is 1.48. The van der Waals surface area contributed by atoms with Crippen molar-refractivity contribution in [1.29, 1.82) is 0 Å². The summed E-state index contributed by atoms with van der Waals surface area (Å²) >= 11 is 0. The van der Waals surface area contributed by atoms with Crippen LogP contribution in [0.25, 0.3) is 0 Å². The Balaban J connectivity index is 4.78. The minimum atomic E-state index is -2.91. The summed E-state index contributed by atoms with van der Waals surface area (Å²) in [5.41, 5.74) is 0.695. The fraction of sp³-hybridized carbons (Fsp3) is 0.583. The van der Waals surface area contributed by atoms with Crippen molar-refractivity contribution in [3.05, 3.63) is 25.0 Å². The number of hydrogen-bond donors (Lipinski definition) is 0. The van der Waals surface area contributed by atoms with Crippen LogP contribution in [0.3, 0.4) is 0 Å². The van der Waals surface area contributed by atoms with Gasteiger partial charge in [0, 0.05) is 19.9 Å².